The number of amides is 1. The van der Waals surface area contributed by atoms with Crippen molar-refractivity contribution in [1.82, 2.24) is 29.8 Å². The average molecular weight is 504 g/mol. The number of nitrogens with zero attached hydrogens (tertiary/aromatic N) is 5. The van der Waals surface area contributed by atoms with Crippen molar-refractivity contribution < 1.29 is 4.79 Å². The molecule has 1 atom stereocenters. The number of carbonyl (C=O) groups is 1. The van der Waals surface area contributed by atoms with Gasteiger partial charge in [0.15, 0.2) is 5.65 Å². The Hall–Kier alpha value is -3.14. The van der Waals surface area contributed by atoms with Gasteiger partial charge < -0.3 is 10.6 Å². The summed E-state index contributed by atoms with van der Waals surface area (Å²) in [7, 11) is 0. The second kappa shape index (κ2) is 10.9. The maximum absolute atomic E-state index is 12.5. The second-order valence-corrected chi connectivity index (χ2v) is 10.3. The highest BCUT2D eigenvalue weighted by Crippen LogP contribution is 2.31. The molecule has 4 heterocycles. The maximum Gasteiger partial charge on any atom is 0.228 e. The minimum atomic E-state index is 0.0479. The number of anilines is 1. The van der Waals surface area contributed by atoms with Gasteiger partial charge >= 0.3 is 0 Å². The Bertz CT molecular complexity index is 1330. The predicted molar refractivity (Wildman–Crippen MR) is 145 cm³/mol. The number of nitrogens with one attached hydrogen (secondary N) is 2. The molecule has 0 aliphatic heterocycles. The summed E-state index contributed by atoms with van der Waals surface area (Å²) in [6.45, 7) is 10.3. The van der Waals surface area contributed by atoms with Crippen LogP contribution in [0.5, 0.6) is 0 Å². The molecule has 5 rings (SSSR count). The highest BCUT2D eigenvalue weighted by molar-refractivity contribution is 7.13. The minimum absolute atomic E-state index is 0.0479. The number of hydrogen-bond donors (Lipinski definition) is 2. The van der Waals surface area contributed by atoms with Crippen LogP contribution in [0.2, 0.25) is 0 Å². The summed E-state index contributed by atoms with van der Waals surface area (Å²) in [6, 6.07) is 10.5. The van der Waals surface area contributed by atoms with Crippen LogP contribution >= 0.6 is 11.3 Å². The zero-order valence-corrected chi connectivity index (χ0v) is 21.9. The highest BCUT2D eigenvalue weighted by Gasteiger charge is 2.30. The largest absolute Gasteiger partial charge is 0.311 e. The second-order valence-electron chi connectivity index (χ2n) is 9.33. The number of thiophene rings is 1. The minimum Gasteiger partial charge on any atom is -0.311 e. The summed E-state index contributed by atoms with van der Waals surface area (Å²) in [5.74, 6) is 0.734. The van der Waals surface area contributed by atoms with E-state index in [1.54, 1.807) is 22.0 Å². The van der Waals surface area contributed by atoms with Gasteiger partial charge in [-0.2, -0.15) is 5.10 Å². The third kappa shape index (κ3) is 5.48. The monoisotopic (exact) mass is 503 g/mol. The summed E-state index contributed by atoms with van der Waals surface area (Å²) in [5, 5.41) is 13.2. The van der Waals surface area contributed by atoms with Crippen LogP contribution in [0.3, 0.4) is 0 Å². The van der Waals surface area contributed by atoms with E-state index in [9.17, 15) is 4.79 Å². The van der Waals surface area contributed by atoms with Crippen molar-refractivity contribution in [3.63, 3.8) is 0 Å². The van der Waals surface area contributed by atoms with E-state index < -0.39 is 0 Å². The van der Waals surface area contributed by atoms with Crippen LogP contribution in [0.15, 0.2) is 48.1 Å². The normalized spacial score (nSPS) is 14.4. The van der Waals surface area contributed by atoms with Gasteiger partial charge in [0, 0.05) is 31.2 Å². The number of hydrogen-bond acceptors (Lipinski definition) is 7. The summed E-state index contributed by atoms with van der Waals surface area (Å²) < 4.78 is 1.77. The number of fused-ring (bicyclic) bond motifs is 1. The van der Waals surface area contributed by atoms with Gasteiger partial charge in [-0.15, -0.1) is 11.3 Å². The Balaban J connectivity index is 1.44. The van der Waals surface area contributed by atoms with Crippen LogP contribution in [0.1, 0.15) is 39.2 Å². The average Bonchev–Trinajstić information content (AvgIpc) is 3.42. The Kier molecular flexibility index (Phi) is 7.41. The van der Waals surface area contributed by atoms with Crippen molar-refractivity contribution in [3.05, 3.63) is 53.7 Å². The van der Waals surface area contributed by atoms with Crippen molar-refractivity contribution in [1.29, 1.82) is 0 Å². The smallest absolute Gasteiger partial charge is 0.228 e. The molecule has 4 aromatic rings. The first-order valence-corrected chi connectivity index (χ1v) is 13.6. The topological polar surface area (TPSA) is 87.5 Å². The zero-order valence-electron chi connectivity index (χ0n) is 21.1. The molecule has 2 N–H and O–H groups in total. The summed E-state index contributed by atoms with van der Waals surface area (Å²) in [5.41, 5.74) is 4.31. The van der Waals surface area contributed by atoms with Crippen molar-refractivity contribution in [3.8, 4) is 21.8 Å². The van der Waals surface area contributed by atoms with Gasteiger partial charge in [-0.25, -0.2) is 14.5 Å². The zero-order chi connectivity index (χ0) is 25.1. The predicted octanol–water partition coefficient (Wildman–Crippen LogP) is 4.69. The quantitative estimate of drug-likeness (QED) is 0.309. The molecule has 4 aromatic heterocycles. The van der Waals surface area contributed by atoms with E-state index in [4.69, 9.17) is 9.97 Å². The van der Waals surface area contributed by atoms with E-state index in [0.717, 1.165) is 65.5 Å². The molecule has 36 heavy (non-hydrogen) atoms. The fourth-order valence-electron chi connectivity index (χ4n) is 4.48. The standard InChI is InChI=1S/C27H33N7OS/c1-4-33(5-2)18(3)15-28-16-19-13-23(30-25(14-19)32-27(35)20-8-9-20)21-17-29-34-11-10-22(31-26(21)34)24-7-6-12-36-24/h6-7,10-14,17-18,20,28H,4-5,8-9,15-16H2,1-3H3,(H,30,32,35)/t18-/m0/s1. The molecule has 0 spiro atoms. The van der Waals surface area contributed by atoms with Gasteiger partial charge in [0.25, 0.3) is 0 Å². The summed E-state index contributed by atoms with van der Waals surface area (Å²) >= 11 is 1.66. The first-order chi connectivity index (χ1) is 17.6. The first kappa shape index (κ1) is 24.5. The van der Waals surface area contributed by atoms with E-state index >= 15 is 0 Å². The molecule has 1 saturated carbocycles. The van der Waals surface area contributed by atoms with E-state index in [1.807, 2.05) is 29.8 Å². The lowest BCUT2D eigenvalue weighted by molar-refractivity contribution is -0.117. The lowest BCUT2D eigenvalue weighted by Crippen LogP contribution is -2.40. The number of aromatic nitrogens is 4. The molecule has 0 aromatic carbocycles. The molecular weight excluding hydrogens is 470 g/mol. The molecule has 1 aliphatic carbocycles. The molecule has 8 nitrogen and oxygen atoms in total. The molecule has 0 unspecified atom stereocenters. The maximum atomic E-state index is 12.5. The number of carbonyl (C=O) groups excluding carboxylic acids is 1. The van der Waals surface area contributed by atoms with Crippen LogP contribution < -0.4 is 10.6 Å². The van der Waals surface area contributed by atoms with Crippen LogP contribution in [-0.2, 0) is 11.3 Å². The van der Waals surface area contributed by atoms with Crippen molar-refractivity contribution in [2.24, 2.45) is 5.92 Å². The van der Waals surface area contributed by atoms with Crippen LogP contribution in [-0.4, -0.2) is 56.1 Å². The van der Waals surface area contributed by atoms with Gasteiger partial charge in [-0.05, 0) is 68.1 Å². The van der Waals surface area contributed by atoms with E-state index in [-0.39, 0.29) is 11.8 Å². The third-order valence-electron chi connectivity index (χ3n) is 6.71. The van der Waals surface area contributed by atoms with Gasteiger partial charge in [0.2, 0.25) is 5.91 Å². The Morgan fingerprint density at radius 3 is 2.75 bits per heavy atom. The van der Waals surface area contributed by atoms with Crippen LogP contribution in [0.25, 0.3) is 27.5 Å². The molecular formula is C27H33N7OS. The SMILES string of the molecule is CCN(CC)[C@@H](C)CNCc1cc(NC(=O)C2CC2)nc(-c2cnn3ccc(-c4cccs4)nc23)c1. The Morgan fingerprint density at radius 2 is 2.03 bits per heavy atom. The lowest BCUT2D eigenvalue weighted by atomic mass is 10.1. The molecule has 0 radical (unpaired) electrons. The van der Waals surface area contributed by atoms with Crippen LogP contribution in [0, 0.1) is 5.92 Å². The Labute approximate surface area is 215 Å². The number of likely N-dealkylation sites (N-methyl/N-ethyl adjacent to an activating group) is 1. The number of pyridine rings is 1. The van der Waals surface area contributed by atoms with Gasteiger partial charge in [0.1, 0.15) is 5.82 Å². The third-order valence-corrected chi connectivity index (χ3v) is 7.60. The molecule has 0 bridgehead atoms. The number of rotatable bonds is 11. The molecule has 1 fully saturated rings. The fourth-order valence-corrected chi connectivity index (χ4v) is 5.17. The van der Waals surface area contributed by atoms with E-state index in [1.165, 1.54) is 0 Å². The fraction of sp³-hybridized carbons (Fsp3) is 0.407. The molecule has 1 amide bonds. The molecule has 188 valence electrons. The van der Waals surface area contributed by atoms with Gasteiger partial charge in [-0.3, -0.25) is 9.69 Å². The van der Waals surface area contributed by atoms with Gasteiger partial charge in [0.05, 0.1) is 28.0 Å². The van der Waals surface area contributed by atoms with Crippen molar-refractivity contribution in [2.75, 3.05) is 25.0 Å². The highest BCUT2D eigenvalue weighted by atomic mass is 32.1. The lowest BCUT2D eigenvalue weighted by Gasteiger charge is -2.26. The van der Waals surface area contributed by atoms with Crippen molar-refractivity contribution >= 4 is 28.7 Å². The van der Waals surface area contributed by atoms with E-state index in [0.29, 0.717) is 18.4 Å². The van der Waals surface area contributed by atoms with Crippen LogP contribution in [0.4, 0.5) is 5.82 Å². The Morgan fingerprint density at radius 1 is 1.19 bits per heavy atom. The summed E-state index contributed by atoms with van der Waals surface area (Å²) in [6.07, 6.45) is 5.63. The molecule has 1 aliphatic rings. The van der Waals surface area contributed by atoms with E-state index in [2.05, 4.69) is 53.5 Å². The first-order valence-electron chi connectivity index (χ1n) is 12.7. The van der Waals surface area contributed by atoms with Gasteiger partial charge in [-0.1, -0.05) is 19.9 Å². The molecule has 0 saturated heterocycles. The molecule has 9 heteroatoms. The van der Waals surface area contributed by atoms with Crippen molar-refractivity contribution in [2.45, 2.75) is 46.2 Å². The summed E-state index contributed by atoms with van der Waals surface area (Å²) in [4.78, 5) is 25.8.